The highest BCUT2D eigenvalue weighted by Crippen LogP contribution is 2.11. The van der Waals surface area contributed by atoms with E-state index < -0.39 is 0 Å². The van der Waals surface area contributed by atoms with Gasteiger partial charge in [0.25, 0.3) is 0 Å². The third kappa shape index (κ3) is 5.68. The van der Waals surface area contributed by atoms with Crippen LogP contribution in [0.3, 0.4) is 0 Å². The van der Waals surface area contributed by atoms with Gasteiger partial charge in [-0.05, 0) is 17.7 Å². The van der Waals surface area contributed by atoms with Gasteiger partial charge in [-0.15, -0.1) is 0 Å². The Bertz CT molecular complexity index is 298. The Morgan fingerprint density at radius 3 is 2.24 bits per heavy atom. The summed E-state index contributed by atoms with van der Waals surface area (Å²) in [6, 6.07) is 8.54. The molecule has 1 aromatic carbocycles. The average molecular weight is 237 g/mol. The van der Waals surface area contributed by atoms with Gasteiger partial charge in [0.2, 0.25) is 0 Å². The van der Waals surface area contributed by atoms with Crippen molar-refractivity contribution in [2.75, 3.05) is 45.2 Å². The van der Waals surface area contributed by atoms with Crippen LogP contribution in [0.2, 0.25) is 0 Å². The SMILES string of the molecule is CN(C)c1ccc(CNCCNCCO)cc1. The molecule has 0 saturated heterocycles. The Balaban J connectivity index is 2.19. The Labute approximate surface area is 104 Å². The molecule has 0 spiro atoms. The fourth-order valence-electron chi connectivity index (χ4n) is 1.53. The highest BCUT2D eigenvalue weighted by atomic mass is 16.3. The van der Waals surface area contributed by atoms with Gasteiger partial charge < -0.3 is 20.6 Å². The maximum absolute atomic E-state index is 8.58. The molecule has 0 heterocycles. The van der Waals surface area contributed by atoms with Gasteiger partial charge in [-0.2, -0.15) is 0 Å². The van der Waals surface area contributed by atoms with E-state index >= 15 is 0 Å². The first kappa shape index (κ1) is 14.0. The smallest absolute Gasteiger partial charge is 0.0555 e. The zero-order valence-corrected chi connectivity index (χ0v) is 10.7. The highest BCUT2D eigenvalue weighted by molar-refractivity contribution is 5.45. The number of nitrogens with one attached hydrogen (secondary N) is 2. The maximum atomic E-state index is 8.58. The molecule has 0 amide bonds. The summed E-state index contributed by atoms with van der Waals surface area (Å²) < 4.78 is 0. The summed E-state index contributed by atoms with van der Waals surface area (Å²) in [5.74, 6) is 0. The second kappa shape index (κ2) is 8.06. The molecule has 0 atom stereocenters. The lowest BCUT2D eigenvalue weighted by Gasteiger charge is -2.13. The molecule has 0 saturated carbocycles. The molecule has 4 heteroatoms. The lowest BCUT2D eigenvalue weighted by atomic mass is 10.2. The zero-order chi connectivity index (χ0) is 12.5. The van der Waals surface area contributed by atoms with Gasteiger partial charge >= 0.3 is 0 Å². The van der Waals surface area contributed by atoms with E-state index in [0.29, 0.717) is 6.54 Å². The number of nitrogens with zero attached hydrogens (tertiary/aromatic N) is 1. The summed E-state index contributed by atoms with van der Waals surface area (Å²) in [4.78, 5) is 2.09. The molecule has 17 heavy (non-hydrogen) atoms. The second-order valence-electron chi connectivity index (χ2n) is 4.21. The molecule has 96 valence electrons. The predicted octanol–water partition coefficient (Wildman–Crippen LogP) is 0.424. The molecule has 4 nitrogen and oxygen atoms in total. The van der Waals surface area contributed by atoms with E-state index in [4.69, 9.17) is 5.11 Å². The molecule has 0 fully saturated rings. The minimum atomic E-state index is 0.200. The van der Waals surface area contributed by atoms with Crippen LogP contribution in [-0.4, -0.2) is 45.4 Å². The van der Waals surface area contributed by atoms with Crippen molar-refractivity contribution < 1.29 is 5.11 Å². The van der Waals surface area contributed by atoms with E-state index in [1.807, 2.05) is 14.1 Å². The molecule has 0 aliphatic heterocycles. The van der Waals surface area contributed by atoms with E-state index in [0.717, 1.165) is 19.6 Å². The first-order valence-electron chi connectivity index (χ1n) is 6.02. The van der Waals surface area contributed by atoms with Crippen molar-refractivity contribution in [3.05, 3.63) is 29.8 Å². The van der Waals surface area contributed by atoms with Crippen molar-refractivity contribution in [3.63, 3.8) is 0 Å². The van der Waals surface area contributed by atoms with Crippen LogP contribution in [0, 0.1) is 0 Å². The van der Waals surface area contributed by atoms with Crippen LogP contribution in [-0.2, 0) is 6.54 Å². The van der Waals surface area contributed by atoms with Crippen LogP contribution in [0.4, 0.5) is 5.69 Å². The van der Waals surface area contributed by atoms with E-state index in [-0.39, 0.29) is 6.61 Å². The molecule has 0 aliphatic carbocycles. The summed E-state index contributed by atoms with van der Waals surface area (Å²) in [5, 5.41) is 15.1. The van der Waals surface area contributed by atoms with Gasteiger partial charge in [0.15, 0.2) is 0 Å². The van der Waals surface area contributed by atoms with Crippen LogP contribution < -0.4 is 15.5 Å². The number of aliphatic hydroxyl groups excluding tert-OH is 1. The topological polar surface area (TPSA) is 47.5 Å². The van der Waals surface area contributed by atoms with Crippen LogP contribution >= 0.6 is 0 Å². The van der Waals surface area contributed by atoms with Gasteiger partial charge in [0.1, 0.15) is 0 Å². The Kier molecular flexibility index (Phi) is 6.62. The number of benzene rings is 1. The quantitative estimate of drug-likeness (QED) is 0.574. The van der Waals surface area contributed by atoms with Crippen molar-refractivity contribution >= 4 is 5.69 Å². The number of hydrogen-bond donors (Lipinski definition) is 3. The summed E-state index contributed by atoms with van der Waals surface area (Å²) in [6.45, 7) is 3.55. The molecular formula is C13H23N3O. The van der Waals surface area contributed by atoms with Crippen LogP contribution in [0.15, 0.2) is 24.3 Å². The van der Waals surface area contributed by atoms with Crippen LogP contribution in [0.5, 0.6) is 0 Å². The summed E-state index contributed by atoms with van der Waals surface area (Å²) in [7, 11) is 4.08. The van der Waals surface area contributed by atoms with Crippen LogP contribution in [0.1, 0.15) is 5.56 Å². The summed E-state index contributed by atoms with van der Waals surface area (Å²) in [5.41, 5.74) is 2.51. The Hall–Kier alpha value is -1.10. The average Bonchev–Trinajstić information content (AvgIpc) is 2.34. The lowest BCUT2D eigenvalue weighted by Crippen LogP contribution is -2.28. The van der Waals surface area contributed by atoms with Crippen molar-refractivity contribution in [1.82, 2.24) is 10.6 Å². The van der Waals surface area contributed by atoms with Crippen molar-refractivity contribution in [2.45, 2.75) is 6.54 Å². The van der Waals surface area contributed by atoms with Gasteiger partial charge in [-0.3, -0.25) is 0 Å². The van der Waals surface area contributed by atoms with Gasteiger partial charge in [0, 0.05) is 46.0 Å². The van der Waals surface area contributed by atoms with E-state index in [1.54, 1.807) is 0 Å². The number of rotatable bonds is 8. The molecule has 1 aromatic rings. The molecule has 0 bridgehead atoms. The fourth-order valence-corrected chi connectivity index (χ4v) is 1.53. The molecule has 0 aromatic heterocycles. The first-order chi connectivity index (χ1) is 8.24. The van der Waals surface area contributed by atoms with Crippen LogP contribution in [0.25, 0.3) is 0 Å². The summed E-state index contributed by atoms with van der Waals surface area (Å²) >= 11 is 0. The second-order valence-corrected chi connectivity index (χ2v) is 4.21. The van der Waals surface area contributed by atoms with Crippen molar-refractivity contribution in [1.29, 1.82) is 0 Å². The third-order valence-corrected chi connectivity index (χ3v) is 2.55. The van der Waals surface area contributed by atoms with Crippen molar-refractivity contribution in [3.8, 4) is 0 Å². The first-order valence-corrected chi connectivity index (χ1v) is 6.02. The molecule has 0 unspecified atom stereocenters. The standard InChI is InChI=1S/C13H23N3O/c1-16(2)13-5-3-12(4-6-13)11-15-8-7-14-9-10-17/h3-6,14-15,17H,7-11H2,1-2H3. The third-order valence-electron chi connectivity index (χ3n) is 2.55. The largest absolute Gasteiger partial charge is 0.395 e. The van der Waals surface area contributed by atoms with Gasteiger partial charge in [0.05, 0.1) is 6.61 Å². The minimum absolute atomic E-state index is 0.200. The Morgan fingerprint density at radius 2 is 1.65 bits per heavy atom. The number of hydrogen-bond acceptors (Lipinski definition) is 4. The molecule has 3 N–H and O–H groups in total. The highest BCUT2D eigenvalue weighted by Gasteiger charge is 1.95. The monoisotopic (exact) mass is 237 g/mol. The van der Waals surface area contributed by atoms with E-state index in [2.05, 4.69) is 39.8 Å². The van der Waals surface area contributed by atoms with E-state index in [1.165, 1.54) is 11.3 Å². The molecule has 0 aliphatic rings. The van der Waals surface area contributed by atoms with Gasteiger partial charge in [-0.25, -0.2) is 0 Å². The number of anilines is 1. The fraction of sp³-hybridized carbons (Fsp3) is 0.538. The normalized spacial score (nSPS) is 10.5. The molecular weight excluding hydrogens is 214 g/mol. The molecule has 1 rings (SSSR count). The molecule has 0 radical (unpaired) electrons. The minimum Gasteiger partial charge on any atom is -0.395 e. The van der Waals surface area contributed by atoms with Gasteiger partial charge in [-0.1, -0.05) is 12.1 Å². The predicted molar refractivity (Wildman–Crippen MR) is 72.4 cm³/mol. The summed E-state index contributed by atoms with van der Waals surface area (Å²) in [6.07, 6.45) is 0. The maximum Gasteiger partial charge on any atom is 0.0555 e. The van der Waals surface area contributed by atoms with Crippen molar-refractivity contribution in [2.24, 2.45) is 0 Å². The van der Waals surface area contributed by atoms with E-state index in [9.17, 15) is 0 Å². The zero-order valence-electron chi connectivity index (χ0n) is 10.7. The number of aliphatic hydroxyl groups is 1. The lowest BCUT2D eigenvalue weighted by molar-refractivity contribution is 0.292. The Morgan fingerprint density at radius 1 is 1.00 bits per heavy atom.